The molecule has 2 heterocycles. The van der Waals surface area contributed by atoms with Crippen LogP contribution in [-0.4, -0.2) is 19.9 Å². The molecule has 1 aromatic carbocycles. The molecule has 0 saturated heterocycles. The van der Waals surface area contributed by atoms with Crippen molar-refractivity contribution in [1.29, 1.82) is 0 Å². The molecule has 2 N–H and O–H groups in total. The highest BCUT2D eigenvalue weighted by Crippen LogP contribution is 2.33. The molecular weight excluding hydrogens is 359 g/mol. The number of rotatable bonds is 6. The molecule has 0 radical (unpaired) electrons. The first-order valence-electron chi connectivity index (χ1n) is 7.63. The molecule has 10 heteroatoms. The maximum Gasteiger partial charge on any atom is 0.353 e. The highest BCUT2D eigenvalue weighted by atomic mass is 32.1. The van der Waals surface area contributed by atoms with E-state index < -0.39 is 4.92 Å². The van der Waals surface area contributed by atoms with Gasteiger partial charge in [0, 0.05) is 11.4 Å². The molecule has 2 aromatic heterocycles. The second-order valence-corrected chi connectivity index (χ2v) is 6.65. The number of hydrogen-bond acceptors (Lipinski definition) is 8. The lowest BCUT2D eigenvalue weighted by atomic mass is 10.2. The molecule has 3 aromatic rings. The number of benzene rings is 1. The Morgan fingerprint density at radius 2 is 1.88 bits per heavy atom. The van der Waals surface area contributed by atoms with Crippen LogP contribution in [0.15, 0.2) is 30.6 Å². The first-order chi connectivity index (χ1) is 12.4. The van der Waals surface area contributed by atoms with E-state index in [1.54, 1.807) is 12.1 Å². The van der Waals surface area contributed by atoms with Crippen molar-refractivity contribution in [2.75, 3.05) is 10.6 Å². The Morgan fingerprint density at radius 3 is 2.50 bits per heavy atom. The Hall–Kier alpha value is -3.14. The van der Waals surface area contributed by atoms with Crippen LogP contribution in [0.1, 0.15) is 16.1 Å². The number of nitro groups is 1. The molecule has 26 heavy (non-hydrogen) atoms. The van der Waals surface area contributed by atoms with Crippen molar-refractivity contribution in [2.45, 2.75) is 20.4 Å². The summed E-state index contributed by atoms with van der Waals surface area (Å²) in [4.78, 5) is 24.2. The maximum atomic E-state index is 13.0. The number of hydrogen-bond donors (Lipinski definition) is 2. The summed E-state index contributed by atoms with van der Waals surface area (Å²) in [5, 5.41) is 17.8. The van der Waals surface area contributed by atoms with E-state index in [9.17, 15) is 14.5 Å². The van der Waals surface area contributed by atoms with Gasteiger partial charge < -0.3 is 10.6 Å². The Balaban J connectivity index is 1.85. The molecule has 0 aliphatic heterocycles. The fourth-order valence-corrected chi connectivity index (χ4v) is 3.00. The third kappa shape index (κ3) is 3.91. The average Bonchev–Trinajstić information content (AvgIpc) is 2.91. The molecule has 0 aliphatic rings. The second kappa shape index (κ2) is 7.40. The lowest BCUT2D eigenvalue weighted by molar-refractivity contribution is -0.383. The van der Waals surface area contributed by atoms with Crippen molar-refractivity contribution in [3.05, 3.63) is 62.7 Å². The van der Waals surface area contributed by atoms with Gasteiger partial charge in [0.2, 0.25) is 11.6 Å². The minimum Gasteiger partial charge on any atom is -0.360 e. The predicted octanol–water partition coefficient (Wildman–Crippen LogP) is 3.95. The highest BCUT2D eigenvalue weighted by molar-refractivity contribution is 7.15. The number of aryl methyl sites for hydroxylation is 2. The molecule has 0 aliphatic carbocycles. The summed E-state index contributed by atoms with van der Waals surface area (Å²) in [5.41, 5.74) is 1.34. The molecule has 0 spiro atoms. The summed E-state index contributed by atoms with van der Waals surface area (Å²) >= 11 is 1.39. The van der Waals surface area contributed by atoms with E-state index in [-0.39, 0.29) is 29.7 Å². The largest absolute Gasteiger partial charge is 0.360 e. The number of anilines is 3. The zero-order chi connectivity index (χ0) is 18.7. The summed E-state index contributed by atoms with van der Waals surface area (Å²) in [6, 6.07) is 5.84. The van der Waals surface area contributed by atoms with Gasteiger partial charge in [-0.2, -0.15) is 0 Å². The summed E-state index contributed by atoms with van der Waals surface area (Å²) in [6.45, 7) is 4.04. The molecule has 0 saturated carbocycles. The molecule has 0 unspecified atom stereocenters. The number of nitrogens with zero attached hydrogens (tertiary/aromatic N) is 4. The summed E-state index contributed by atoms with van der Waals surface area (Å²) in [7, 11) is 0. The standard InChI is InChI=1S/C16H15FN6O2S/c1-9-10(2)26-16(21-9)22-15-13(23(24)25)14(19-8-20-15)18-7-11-3-5-12(17)6-4-11/h3-6,8H,7H2,1-2H3,(H2,18,19,20,21,22). The van der Waals surface area contributed by atoms with Gasteiger partial charge in [0.1, 0.15) is 12.1 Å². The smallest absolute Gasteiger partial charge is 0.353 e. The average molecular weight is 374 g/mol. The van der Waals surface area contributed by atoms with E-state index in [1.807, 2.05) is 13.8 Å². The maximum absolute atomic E-state index is 13.0. The van der Waals surface area contributed by atoms with Gasteiger partial charge >= 0.3 is 5.69 Å². The van der Waals surface area contributed by atoms with Crippen molar-refractivity contribution >= 4 is 33.8 Å². The lowest BCUT2D eigenvalue weighted by Gasteiger charge is -2.09. The van der Waals surface area contributed by atoms with E-state index in [1.165, 1.54) is 29.8 Å². The first kappa shape index (κ1) is 17.7. The fourth-order valence-electron chi connectivity index (χ4n) is 2.19. The van der Waals surface area contributed by atoms with Gasteiger partial charge in [-0.25, -0.2) is 19.3 Å². The number of halogens is 1. The monoisotopic (exact) mass is 374 g/mol. The predicted molar refractivity (Wildman–Crippen MR) is 97.3 cm³/mol. The van der Waals surface area contributed by atoms with Crippen molar-refractivity contribution in [2.24, 2.45) is 0 Å². The van der Waals surface area contributed by atoms with Gasteiger partial charge in [-0.1, -0.05) is 12.1 Å². The van der Waals surface area contributed by atoms with Crippen LogP contribution in [0, 0.1) is 29.8 Å². The zero-order valence-corrected chi connectivity index (χ0v) is 14.8. The minimum absolute atomic E-state index is 0.0559. The van der Waals surface area contributed by atoms with E-state index in [0.717, 1.165) is 16.1 Å². The van der Waals surface area contributed by atoms with Gasteiger partial charge in [-0.05, 0) is 31.5 Å². The van der Waals surface area contributed by atoms with Crippen LogP contribution in [0.4, 0.5) is 26.8 Å². The van der Waals surface area contributed by atoms with Crippen LogP contribution >= 0.6 is 11.3 Å². The quantitative estimate of drug-likeness (QED) is 0.497. The molecule has 0 atom stereocenters. The number of nitrogens with one attached hydrogen (secondary N) is 2. The van der Waals surface area contributed by atoms with Crippen molar-refractivity contribution in [1.82, 2.24) is 15.0 Å². The van der Waals surface area contributed by atoms with E-state index in [4.69, 9.17) is 0 Å². The Morgan fingerprint density at radius 1 is 1.19 bits per heavy atom. The SMILES string of the molecule is Cc1nc(Nc2ncnc(NCc3ccc(F)cc3)c2[N+](=O)[O-])sc1C. The molecule has 134 valence electrons. The molecule has 0 amide bonds. The summed E-state index contributed by atoms with van der Waals surface area (Å²) in [5.74, 6) is -0.218. The van der Waals surface area contributed by atoms with Crippen molar-refractivity contribution in [3.63, 3.8) is 0 Å². The van der Waals surface area contributed by atoms with Crippen LogP contribution in [-0.2, 0) is 6.54 Å². The molecular formula is C16H15FN6O2S. The van der Waals surface area contributed by atoms with Crippen LogP contribution in [0.3, 0.4) is 0 Å². The minimum atomic E-state index is -0.553. The molecule has 8 nitrogen and oxygen atoms in total. The highest BCUT2D eigenvalue weighted by Gasteiger charge is 2.23. The van der Waals surface area contributed by atoms with E-state index in [0.29, 0.717) is 5.13 Å². The Kier molecular flexibility index (Phi) is 5.03. The van der Waals surface area contributed by atoms with E-state index in [2.05, 4.69) is 25.6 Å². The van der Waals surface area contributed by atoms with Crippen LogP contribution in [0.25, 0.3) is 0 Å². The number of thiazole rings is 1. The van der Waals surface area contributed by atoms with Gasteiger partial charge in [0.25, 0.3) is 0 Å². The van der Waals surface area contributed by atoms with Gasteiger partial charge in [-0.3, -0.25) is 10.1 Å². The fraction of sp³-hybridized carbons (Fsp3) is 0.188. The normalized spacial score (nSPS) is 10.6. The molecule has 0 fully saturated rings. The molecule has 3 rings (SSSR count). The molecule has 0 bridgehead atoms. The third-order valence-electron chi connectivity index (χ3n) is 3.63. The summed E-state index contributed by atoms with van der Waals surface area (Å²) in [6.07, 6.45) is 1.23. The van der Waals surface area contributed by atoms with Crippen LogP contribution in [0.2, 0.25) is 0 Å². The topological polar surface area (TPSA) is 106 Å². The van der Waals surface area contributed by atoms with Gasteiger partial charge in [0.15, 0.2) is 5.13 Å². The van der Waals surface area contributed by atoms with Gasteiger partial charge in [0.05, 0.1) is 10.6 Å². The van der Waals surface area contributed by atoms with Crippen LogP contribution in [0.5, 0.6) is 0 Å². The Labute approximate surface area is 152 Å². The van der Waals surface area contributed by atoms with Gasteiger partial charge in [-0.15, -0.1) is 11.3 Å². The second-order valence-electron chi connectivity index (χ2n) is 5.44. The van der Waals surface area contributed by atoms with Crippen LogP contribution < -0.4 is 10.6 Å². The lowest BCUT2D eigenvalue weighted by Crippen LogP contribution is -2.08. The summed E-state index contributed by atoms with van der Waals surface area (Å²) < 4.78 is 13.0. The number of aromatic nitrogens is 3. The first-order valence-corrected chi connectivity index (χ1v) is 8.44. The third-order valence-corrected chi connectivity index (χ3v) is 4.62. The Bertz CT molecular complexity index is 925. The zero-order valence-electron chi connectivity index (χ0n) is 14.0. The van der Waals surface area contributed by atoms with Crippen molar-refractivity contribution in [3.8, 4) is 0 Å². The van der Waals surface area contributed by atoms with Crippen molar-refractivity contribution < 1.29 is 9.31 Å². The van der Waals surface area contributed by atoms with E-state index >= 15 is 0 Å².